The van der Waals surface area contributed by atoms with Crippen LogP contribution in [-0.4, -0.2) is 58.0 Å². The number of likely N-dealkylation sites (tertiary alicyclic amines) is 2. The Morgan fingerprint density at radius 2 is 1.64 bits per heavy atom. The predicted octanol–water partition coefficient (Wildman–Crippen LogP) is 1.86. The molecule has 2 aliphatic heterocycles. The molecule has 0 radical (unpaired) electrons. The number of benzene rings is 1. The zero-order valence-electron chi connectivity index (χ0n) is 14.0. The Morgan fingerprint density at radius 1 is 1.00 bits per heavy atom. The summed E-state index contributed by atoms with van der Waals surface area (Å²) in [6, 6.07) is 7.94. The zero-order valence-corrected chi connectivity index (χ0v) is 14.0. The van der Waals surface area contributed by atoms with Crippen molar-refractivity contribution in [1.82, 2.24) is 9.80 Å². The molecule has 1 N–H and O–H groups in total. The highest BCUT2D eigenvalue weighted by atomic mass is 16.6. The average molecular weight is 346 g/mol. The van der Waals surface area contributed by atoms with Gasteiger partial charge in [-0.1, -0.05) is 30.3 Å². The third-order valence-corrected chi connectivity index (χ3v) is 4.80. The van der Waals surface area contributed by atoms with Crippen molar-refractivity contribution in [2.24, 2.45) is 0 Å². The number of ether oxygens (including phenoxy) is 1. The summed E-state index contributed by atoms with van der Waals surface area (Å²) in [5.74, 6) is -1.26. The van der Waals surface area contributed by atoms with Crippen LogP contribution in [0.2, 0.25) is 0 Å². The molecular weight excluding hydrogens is 324 g/mol. The largest absolute Gasteiger partial charge is 0.480 e. The second kappa shape index (κ2) is 7.55. The van der Waals surface area contributed by atoms with E-state index in [9.17, 15) is 19.5 Å². The van der Waals surface area contributed by atoms with Crippen molar-refractivity contribution in [3.8, 4) is 0 Å². The quantitative estimate of drug-likeness (QED) is 0.899. The highest BCUT2D eigenvalue weighted by Crippen LogP contribution is 2.25. The Hall–Kier alpha value is -2.57. The molecule has 2 atom stereocenters. The van der Waals surface area contributed by atoms with Gasteiger partial charge in [-0.15, -0.1) is 0 Å². The monoisotopic (exact) mass is 346 g/mol. The molecule has 7 nitrogen and oxygen atoms in total. The van der Waals surface area contributed by atoms with E-state index >= 15 is 0 Å². The summed E-state index contributed by atoms with van der Waals surface area (Å²) >= 11 is 0. The van der Waals surface area contributed by atoms with Gasteiger partial charge in [-0.05, 0) is 31.2 Å². The van der Waals surface area contributed by atoms with Crippen LogP contribution in [0, 0.1) is 0 Å². The molecule has 7 heteroatoms. The zero-order chi connectivity index (χ0) is 17.8. The first kappa shape index (κ1) is 17.3. The van der Waals surface area contributed by atoms with Gasteiger partial charge in [-0.25, -0.2) is 9.59 Å². The number of carbonyl (C=O) groups excluding carboxylic acids is 2. The summed E-state index contributed by atoms with van der Waals surface area (Å²) < 4.78 is 5.33. The smallest absolute Gasteiger partial charge is 0.410 e. The Balaban J connectivity index is 1.62. The van der Waals surface area contributed by atoms with E-state index in [1.807, 2.05) is 30.3 Å². The lowest BCUT2D eigenvalue weighted by atomic mass is 10.1. The molecule has 1 aromatic rings. The first-order chi connectivity index (χ1) is 12.1. The number of amides is 2. The fraction of sp³-hybridized carbons (Fsp3) is 0.500. The van der Waals surface area contributed by atoms with Gasteiger partial charge in [0, 0.05) is 13.1 Å². The fourth-order valence-corrected chi connectivity index (χ4v) is 3.52. The Labute approximate surface area is 146 Å². The van der Waals surface area contributed by atoms with Gasteiger partial charge in [0.2, 0.25) is 5.91 Å². The third kappa shape index (κ3) is 3.75. The van der Waals surface area contributed by atoms with Gasteiger partial charge in [0.25, 0.3) is 0 Å². The van der Waals surface area contributed by atoms with Crippen molar-refractivity contribution < 1.29 is 24.2 Å². The summed E-state index contributed by atoms with van der Waals surface area (Å²) in [7, 11) is 0. The second-order valence-electron chi connectivity index (χ2n) is 6.42. The Kier molecular flexibility index (Phi) is 5.21. The van der Waals surface area contributed by atoms with E-state index in [1.54, 1.807) is 0 Å². The number of carboxylic acids is 1. The van der Waals surface area contributed by atoms with Crippen LogP contribution in [0.5, 0.6) is 0 Å². The first-order valence-electron chi connectivity index (χ1n) is 8.58. The van der Waals surface area contributed by atoms with Crippen molar-refractivity contribution in [2.45, 2.75) is 44.4 Å². The van der Waals surface area contributed by atoms with Crippen molar-refractivity contribution in [2.75, 3.05) is 13.1 Å². The van der Waals surface area contributed by atoms with Gasteiger partial charge >= 0.3 is 12.1 Å². The summed E-state index contributed by atoms with van der Waals surface area (Å²) in [6.07, 6.45) is 1.87. The lowest BCUT2D eigenvalue weighted by Gasteiger charge is -2.29. The normalized spacial score (nSPS) is 22.9. The van der Waals surface area contributed by atoms with Gasteiger partial charge < -0.3 is 14.7 Å². The maximum atomic E-state index is 12.8. The molecule has 0 aliphatic carbocycles. The molecule has 1 aromatic carbocycles. The molecule has 2 heterocycles. The van der Waals surface area contributed by atoms with Crippen LogP contribution in [0.4, 0.5) is 4.79 Å². The lowest BCUT2D eigenvalue weighted by Crippen LogP contribution is -2.51. The Bertz CT molecular complexity index is 648. The van der Waals surface area contributed by atoms with Crippen molar-refractivity contribution in [3.63, 3.8) is 0 Å². The van der Waals surface area contributed by atoms with Crippen LogP contribution in [0.15, 0.2) is 30.3 Å². The number of nitrogens with zero attached hydrogens (tertiary/aromatic N) is 2. The van der Waals surface area contributed by atoms with E-state index in [-0.39, 0.29) is 12.5 Å². The standard InChI is InChI=1S/C18H22N2O5/c21-16(19-10-5-9-15(19)17(22)23)14-8-4-11-20(14)18(24)25-12-13-6-2-1-3-7-13/h1-3,6-7,14-15H,4-5,8-12H2,(H,22,23). The van der Waals surface area contributed by atoms with E-state index in [0.29, 0.717) is 38.8 Å². The lowest BCUT2D eigenvalue weighted by molar-refractivity contribution is -0.149. The van der Waals surface area contributed by atoms with Crippen molar-refractivity contribution in [3.05, 3.63) is 35.9 Å². The molecule has 0 spiro atoms. The van der Waals surface area contributed by atoms with E-state index in [0.717, 1.165) is 5.56 Å². The molecular formula is C18H22N2O5. The molecule has 2 saturated heterocycles. The highest BCUT2D eigenvalue weighted by Gasteiger charge is 2.42. The topological polar surface area (TPSA) is 87.2 Å². The molecule has 25 heavy (non-hydrogen) atoms. The summed E-state index contributed by atoms with van der Waals surface area (Å²) in [5, 5.41) is 9.26. The molecule has 0 saturated carbocycles. The third-order valence-electron chi connectivity index (χ3n) is 4.80. The molecule has 2 unspecified atom stereocenters. The van der Waals surface area contributed by atoms with Crippen LogP contribution in [0.1, 0.15) is 31.2 Å². The molecule has 2 amide bonds. The Morgan fingerprint density at radius 3 is 2.32 bits per heavy atom. The van der Waals surface area contributed by atoms with Gasteiger partial charge in [0.15, 0.2) is 0 Å². The van der Waals surface area contributed by atoms with Crippen molar-refractivity contribution in [1.29, 1.82) is 0 Å². The van der Waals surface area contributed by atoms with E-state index < -0.39 is 24.1 Å². The van der Waals surface area contributed by atoms with Crippen LogP contribution in [0.25, 0.3) is 0 Å². The van der Waals surface area contributed by atoms with Gasteiger partial charge in [-0.3, -0.25) is 9.69 Å². The fourth-order valence-electron chi connectivity index (χ4n) is 3.52. The van der Waals surface area contributed by atoms with Crippen LogP contribution >= 0.6 is 0 Å². The second-order valence-corrected chi connectivity index (χ2v) is 6.42. The summed E-state index contributed by atoms with van der Waals surface area (Å²) in [5.41, 5.74) is 0.878. The van der Waals surface area contributed by atoms with Crippen LogP contribution in [-0.2, 0) is 20.9 Å². The maximum Gasteiger partial charge on any atom is 0.410 e. The SMILES string of the molecule is O=C(O)C1CCCN1C(=O)C1CCCN1C(=O)OCc1ccccc1. The number of rotatable bonds is 4. The minimum atomic E-state index is -0.984. The molecule has 3 rings (SSSR count). The minimum Gasteiger partial charge on any atom is -0.480 e. The van der Waals surface area contributed by atoms with Gasteiger partial charge in [0.1, 0.15) is 18.7 Å². The van der Waals surface area contributed by atoms with E-state index in [2.05, 4.69) is 0 Å². The number of aliphatic carboxylic acids is 1. The number of carbonyl (C=O) groups is 3. The highest BCUT2D eigenvalue weighted by molar-refractivity contribution is 5.90. The van der Waals surface area contributed by atoms with Crippen LogP contribution < -0.4 is 0 Å². The number of hydrogen-bond donors (Lipinski definition) is 1. The number of carboxylic acid groups (broad SMARTS) is 1. The van der Waals surface area contributed by atoms with Crippen molar-refractivity contribution >= 4 is 18.0 Å². The molecule has 2 fully saturated rings. The molecule has 0 bridgehead atoms. The maximum absolute atomic E-state index is 12.8. The molecule has 2 aliphatic rings. The van der Waals surface area contributed by atoms with Gasteiger partial charge in [0.05, 0.1) is 0 Å². The van der Waals surface area contributed by atoms with Gasteiger partial charge in [-0.2, -0.15) is 0 Å². The molecule has 0 aromatic heterocycles. The minimum absolute atomic E-state index is 0.151. The molecule has 134 valence electrons. The first-order valence-corrected chi connectivity index (χ1v) is 8.58. The van der Waals surface area contributed by atoms with E-state index in [4.69, 9.17) is 4.74 Å². The summed E-state index contributed by atoms with van der Waals surface area (Å²) in [4.78, 5) is 39.3. The van der Waals surface area contributed by atoms with E-state index in [1.165, 1.54) is 9.80 Å². The summed E-state index contributed by atoms with van der Waals surface area (Å²) in [6.45, 7) is 1.04. The average Bonchev–Trinajstić information content (AvgIpc) is 3.29. The predicted molar refractivity (Wildman–Crippen MR) is 88.7 cm³/mol. The van der Waals surface area contributed by atoms with Crippen LogP contribution in [0.3, 0.4) is 0 Å². The number of hydrogen-bond acceptors (Lipinski definition) is 4.